The maximum absolute atomic E-state index is 12.4. The predicted octanol–water partition coefficient (Wildman–Crippen LogP) is 3.87. The van der Waals surface area contributed by atoms with E-state index in [9.17, 15) is 23.3 Å². The molecule has 3 nitrogen and oxygen atoms in total. The van der Waals surface area contributed by atoms with Gasteiger partial charge in [0.25, 0.3) is 5.69 Å². The molecule has 0 radical (unpaired) electrons. The van der Waals surface area contributed by atoms with Crippen LogP contribution in [0.2, 0.25) is 5.02 Å². The molecule has 0 saturated carbocycles. The molecule has 0 unspecified atom stereocenters. The van der Waals surface area contributed by atoms with Gasteiger partial charge in [0.05, 0.1) is 10.5 Å². The van der Waals surface area contributed by atoms with Gasteiger partial charge in [-0.25, -0.2) is 0 Å². The van der Waals surface area contributed by atoms with Gasteiger partial charge in [-0.2, -0.15) is 13.2 Å². The smallest absolute Gasteiger partial charge is 0.258 e. The summed E-state index contributed by atoms with van der Waals surface area (Å²) in [5.74, 6) is 0. The van der Waals surface area contributed by atoms with Gasteiger partial charge in [0, 0.05) is 11.1 Å². The van der Waals surface area contributed by atoms with Crippen molar-refractivity contribution in [1.29, 1.82) is 0 Å². The van der Waals surface area contributed by atoms with Crippen molar-refractivity contribution in [2.24, 2.45) is 0 Å². The van der Waals surface area contributed by atoms with Gasteiger partial charge in [-0.1, -0.05) is 11.6 Å². The van der Waals surface area contributed by atoms with E-state index in [1.165, 1.54) is 22.6 Å². The van der Waals surface area contributed by atoms with E-state index in [1.54, 1.807) is 0 Å². The van der Waals surface area contributed by atoms with Gasteiger partial charge in [0.2, 0.25) is 0 Å². The molecule has 0 aliphatic heterocycles. The highest BCUT2D eigenvalue weighted by Crippen LogP contribution is 2.38. The van der Waals surface area contributed by atoms with E-state index in [-0.39, 0.29) is 5.02 Å². The summed E-state index contributed by atoms with van der Waals surface area (Å²) in [4.78, 5) is 9.53. The normalized spacial score (nSPS) is 11.5. The molecule has 0 N–H and O–H groups in total. The van der Waals surface area contributed by atoms with Crippen LogP contribution in [0.5, 0.6) is 0 Å². The third kappa shape index (κ3) is 2.71. The molecule has 1 aromatic rings. The maximum Gasteiger partial charge on any atom is 0.417 e. The molecule has 0 spiro atoms. The first-order valence-electron chi connectivity index (χ1n) is 3.44. The van der Waals surface area contributed by atoms with Crippen LogP contribution in [0.1, 0.15) is 5.56 Å². The second-order valence-corrected chi connectivity index (χ2v) is 4.06. The van der Waals surface area contributed by atoms with Crippen LogP contribution in [0.25, 0.3) is 0 Å². The SMILES string of the molecule is O=[N+]([O-])c1cc(Cl)cc(C(F)(F)F)c1I. The molecule has 82 valence electrons. The van der Waals surface area contributed by atoms with Gasteiger partial charge >= 0.3 is 6.18 Å². The second kappa shape index (κ2) is 4.12. The largest absolute Gasteiger partial charge is 0.417 e. The van der Waals surface area contributed by atoms with Crippen molar-refractivity contribution in [3.63, 3.8) is 0 Å². The van der Waals surface area contributed by atoms with Gasteiger partial charge < -0.3 is 0 Å². The molecular weight excluding hydrogens is 349 g/mol. The van der Waals surface area contributed by atoms with Crippen LogP contribution in [-0.4, -0.2) is 4.92 Å². The number of benzene rings is 1. The third-order valence-electron chi connectivity index (χ3n) is 1.52. The highest BCUT2D eigenvalue weighted by Gasteiger charge is 2.36. The minimum atomic E-state index is -4.65. The molecule has 0 atom stereocenters. The van der Waals surface area contributed by atoms with E-state index in [1.807, 2.05) is 0 Å². The lowest BCUT2D eigenvalue weighted by Crippen LogP contribution is -2.09. The Kier molecular flexibility index (Phi) is 3.44. The Morgan fingerprint density at radius 1 is 1.40 bits per heavy atom. The molecule has 0 saturated heterocycles. The third-order valence-corrected chi connectivity index (χ3v) is 2.87. The Morgan fingerprint density at radius 3 is 2.33 bits per heavy atom. The number of alkyl halides is 3. The van der Waals surface area contributed by atoms with Crippen LogP contribution in [-0.2, 0) is 6.18 Å². The summed E-state index contributed by atoms with van der Waals surface area (Å²) in [5.41, 5.74) is -1.74. The van der Waals surface area contributed by atoms with Crippen LogP contribution in [0, 0.1) is 13.7 Å². The number of nitro groups is 1. The number of hydrogen-bond donors (Lipinski definition) is 0. The Labute approximate surface area is 101 Å². The monoisotopic (exact) mass is 351 g/mol. The quantitative estimate of drug-likeness (QED) is 0.438. The summed E-state index contributed by atoms with van der Waals surface area (Å²) in [6, 6.07) is 1.55. The molecule has 0 aliphatic carbocycles. The highest BCUT2D eigenvalue weighted by molar-refractivity contribution is 14.1. The fourth-order valence-electron chi connectivity index (χ4n) is 0.914. The van der Waals surface area contributed by atoms with E-state index in [4.69, 9.17) is 11.6 Å². The van der Waals surface area contributed by atoms with Crippen molar-refractivity contribution in [3.8, 4) is 0 Å². The Hall–Kier alpha value is -0.570. The molecule has 15 heavy (non-hydrogen) atoms. The standard InChI is InChI=1S/C7H2ClF3INO2/c8-3-1-4(7(9,10)11)6(12)5(2-3)13(14)15/h1-2H. The van der Waals surface area contributed by atoms with E-state index in [2.05, 4.69) is 0 Å². The van der Waals surface area contributed by atoms with E-state index in [0.717, 1.165) is 6.07 Å². The summed E-state index contributed by atoms with van der Waals surface area (Å²) in [5, 5.41) is 10.1. The van der Waals surface area contributed by atoms with Crippen molar-refractivity contribution in [3.05, 3.63) is 36.4 Å². The van der Waals surface area contributed by atoms with Gasteiger partial charge in [-0.3, -0.25) is 10.1 Å². The molecule has 0 bridgehead atoms. The molecule has 0 amide bonds. The van der Waals surface area contributed by atoms with Crippen molar-refractivity contribution < 1.29 is 18.1 Å². The zero-order valence-corrected chi connectivity index (χ0v) is 9.72. The number of nitrogens with zero attached hydrogens (tertiary/aromatic N) is 1. The van der Waals surface area contributed by atoms with Crippen molar-refractivity contribution in [1.82, 2.24) is 0 Å². The summed E-state index contributed by atoms with van der Waals surface area (Å²) in [6.07, 6.45) is -4.65. The lowest BCUT2D eigenvalue weighted by atomic mass is 10.2. The first-order chi connectivity index (χ1) is 6.73. The topological polar surface area (TPSA) is 43.1 Å². The van der Waals surface area contributed by atoms with Crippen LogP contribution in [0.15, 0.2) is 12.1 Å². The zero-order chi connectivity index (χ0) is 11.8. The fourth-order valence-corrected chi connectivity index (χ4v) is 1.94. The van der Waals surface area contributed by atoms with Crippen molar-refractivity contribution >= 4 is 39.9 Å². The second-order valence-electron chi connectivity index (χ2n) is 2.54. The lowest BCUT2D eigenvalue weighted by Gasteiger charge is -2.09. The molecule has 1 rings (SSSR count). The number of hydrogen-bond acceptors (Lipinski definition) is 2. The van der Waals surface area contributed by atoms with E-state index in [0.29, 0.717) is 6.07 Å². The van der Waals surface area contributed by atoms with Crippen LogP contribution in [0.3, 0.4) is 0 Å². The van der Waals surface area contributed by atoms with Gasteiger partial charge in [0.15, 0.2) is 0 Å². The average molecular weight is 351 g/mol. The van der Waals surface area contributed by atoms with Gasteiger partial charge in [-0.05, 0) is 28.7 Å². The number of nitro benzene ring substituents is 1. The maximum atomic E-state index is 12.4. The lowest BCUT2D eigenvalue weighted by molar-refractivity contribution is -0.386. The van der Waals surface area contributed by atoms with Gasteiger partial charge in [-0.15, -0.1) is 0 Å². The number of halogens is 5. The summed E-state index contributed by atoms with van der Waals surface area (Å²) in [7, 11) is 0. The highest BCUT2D eigenvalue weighted by atomic mass is 127. The van der Waals surface area contributed by atoms with E-state index < -0.39 is 25.9 Å². The zero-order valence-electron chi connectivity index (χ0n) is 6.81. The van der Waals surface area contributed by atoms with Crippen LogP contribution in [0.4, 0.5) is 18.9 Å². The molecule has 0 aliphatic rings. The summed E-state index contributed by atoms with van der Waals surface area (Å²) >= 11 is 6.64. The Morgan fingerprint density at radius 2 is 1.93 bits per heavy atom. The minimum absolute atomic E-state index is 0.311. The summed E-state index contributed by atoms with van der Waals surface area (Å²) < 4.78 is 36.7. The predicted molar refractivity (Wildman–Crippen MR) is 55.8 cm³/mol. The first kappa shape index (κ1) is 12.5. The molecule has 0 fully saturated rings. The number of rotatable bonds is 1. The van der Waals surface area contributed by atoms with E-state index >= 15 is 0 Å². The summed E-state index contributed by atoms with van der Waals surface area (Å²) in [6.45, 7) is 0. The molecule has 1 aromatic carbocycles. The average Bonchev–Trinajstić information content (AvgIpc) is 2.06. The molecular formula is C7H2ClF3INO2. The molecule has 8 heteroatoms. The van der Waals surface area contributed by atoms with Crippen LogP contribution >= 0.6 is 34.2 Å². The fraction of sp³-hybridized carbons (Fsp3) is 0.143. The molecule has 0 aromatic heterocycles. The minimum Gasteiger partial charge on any atom is -0.258 e. The Balaban J connectivity index is 3.49. The molecule has 0 heterocycles. The van der Waals surface area contributed by atoms with Gasteiger partial charge in [0.1, 0.15) is 3.57 Å². The van der Waals surface area contributed by atoms with Crippen molar-refractivity contribution in [2.45, 2.75) is 6.18 Å². The first-order valence-corrected chi connectivity index (χ1v) is 4.90. The van der Waals surface area contributed by atoms with Crippen LogP contribution < -0.4 is 0 Å². The Bertz CT molecular complexity index is 421. The van der Waals surface area contributed by atoms with Crippen molar-refractivity contribution in [2.75, 3.05) is 0 Å².